The summed E-state index contributed by atoms with van der Waals surface area (Å²) in [6.45, 7) is 0.785. The molecule has 2 aromatic rings. The van der Waals surface area contributed by atoms with Crippen molar-refractivity contribution in [2.24, 2.45) is 0 Å². The van der Waals surface area contributed by atoms with Crippen molar-refractivity contribution in [1.29, 1.82) is 0 Å². The first-order valence-electron chi connectivity index (χ1n) is 6.77. The lowest BCUT2D eigenvalue weighted by molar-refractivity contribution is 0.401. The maximum absolute atomic E-state index is 12.1. The SMILES string of the molecule is O=S(=O)(/C=C/c1ccccc1)NC1CCCn2ncnc21. The molecule has 1 atom stereocenters. The van der Waals surface area contributed by atoms with Gasteiger partial charge in [-0.1, -0.05) is 30.3 Å². The molecule has 0 spiro atoms. The van der Waals surface area contributed by atoms with Crippen LogP contribution in [0, 0.1) is 0 Å². The molecule has 0 aliphatic carbocycles. The highest BCUT2D eigenvalue weighted by Gasteiger charge is 2.25. The Morgan fingerprint density at radius 3 is 2.90 bits per heavy atom. The predicted molar refractivity (Wildman–Crippen MR) is 79.5 cm³/mol. The third-order valence-corrected chi connectivity index (χ3v) is 4.47. The third-order valence-electron chi connectivity index (χ3n) is 3.37. The molecule has 1 aliphatic heterocycles. The quantitative estimate of drug-likeness (QED) is 0.932. The van der Waals surface area contributed by atoms with Gasteiger partial charge in [-0.05, 0) is 24.5 Å². The number of nitrogens with zero attached hydrogens (tertiary/aromatic N) is 3. The molecule has 0 radical (unpaired) electrons. The van der Waals surface area contributed by atoms with Crippen LogP contribution in [0.4, 0.5) is 0 Å². The van der Waals surface area contributed by atoms with Gasteiger partial charge in [0.1, 0.15) is 12.2 Å². The summed E-state index contributed by atoms with van der Waals surface area (Å²) < 4.78 is 28.7. The largest absolute Gasteiger partial charge is 0.248 e. The second kappa shape index (κ2) is 5.79. The summed E-state index contributed by atoms with van der Waals surface area (Å²) in [5, 5.41) is 5.28. The van der Waals surface area contributed by atoms with Crippen molar-refractivity contribution < 1.29 is 8.42 Å². The number of aromatic nitrogens is 3. The number of fused-ring (bicyclic) bond motifs is 1. The first kappa shape index (κ1) is 14.0. The Morgan fingerprint density at radius 1 is 1.29 bits per heavy atom. The summed E-state index contributed by atoms with van der Waals surface area (Å²) in [4.78, 5) is 4.14. The van der Waals surface area contributed by atoms with Crippen molar-refractivity contribution in [2.45, 2.75) is 25.4 Å². The van der Waals surface area contributed by atoms with Crippen LogP contribution < -0.4 is 4.72 Å². The van der Waals surface area contributed by atoms with E-state index >= 15 is 0 Å². The summed E-state index contributed by atoms with van der Waals surface area (Å²) in [6.07, 6.45) is 4.65. The van der Waals surface area contributed by atoms with Gasteiger partial charge in [-0.2, -0.15) is 5.10 Å². The molecule has 1 aromatic heterocycles. The Balaban J connectivity index is 1.74. The van der Waals surface area contributed by atoms with Crippen molar-refractivity contribution in [3.05, 3.63) is 53.5 Å². The van der Waals surface area contributed by atoms with Crippen LogP contribution in [0.2, 0.25) is 0 Å². The number of rotatable bonds is 4. The number of hydrogen-bond donors (Lipinski definition) is 1. The van der Waals surface area contributed by atoms with E-state index in [9.17, 15) is 8.42 Å². The van der Waals surface area contributed by atoms with Crippen LogP contribution in [0.15, 0.2) is 42.1 Å². The van der Waals surface area contributed by atoms with Gasteiger partial charge >= 0.3 is 0 Å². The van der Waals surface area contributed by atoms with Gasteiger partial charge in [-0.25, -0.2) is 22.8 Å². The highest BCUT2D eigenvalue weighted by Crippen LogP contribution is 2.23. The highest BCUT2D eigenvalue weighted by molar-refractivity contribution is 7.92. The standard InChI is InChI=1S/C14H16N4O2S/c19-21(20,10-8-12-5-2-1-3-6-12)17-13-7-4-9-18-14(13)15-11-16-18/h1-3,5-6,8,10-11,13,17H,4,7,9H2/b10-8+. The molecule has 0 fully saturated rings. The summed E-state index contributed by atoms with van der Waals surface area (Å²) in [7, 11) is -3.51. The maximum Gasteiger partial charge on any atom is 0.234 e. The van der Waals surface area contributed by atoms with E-state index in [-0.39, 0.29) is 6.04 Å². The molecule has 0 saturated heterocycles. The molecule has 6 nitrogen and oxygen atoms in total. The van der Waals surface area contributed by atoms with Gasteiger partial charge in [0.05, 0.1) is 6.04 Å². The molecule has 1 N–H and O–H groups in total. The van der Waals surface area contributed by atoms with E-state index in [1.807, 2.05) is 30.3 Å². The van der Waals surface area contributed by atoms with Crippen molar-refractivity contribution in [3.8, 4) is 0 Å². The molecule has 1 aliphatic rings. The lowest BCUT2D eigenvalue weighted by Gasteiger charge is -2.22. The molecular formula is C14H16N4O2S. The van der Waals surface area contributed by atoms with Crippen LogP contribution in [0.1, 0.15) is 30.3 Å². The average Bonchev–Trinajstić information content (AvgIpc) is 2.96. The van der Waals surface area contributed by atoms with Crippen LogP contribution in [-0.4, -0.2) is 23.2 Å². The van der Waals surface area contributed by atoms with Crippen LogP contribution in [0.5, 0.6) is 0 Å². The Morgan fingerprint density at radius 2 is 2.10 bits per heavy atom. The molecule has 7 heteroatoms. The van der Waals surface area contributed by atoms with E-state index in [0.29, 0.717) is 5.82 Å². The summed E-state index contributed by atoms with van der Waals surface area (Å²) in [5.41, 5.74) is 0.842. The van der Waals surface area contributed by atoms with Crippen LogP contribution in [0.25, 0.3) is 6.08 Å². The minimum Gasteiger partial charge on any atom is -0.248 e. The predicted octanol–water partition coefficient (Wildman–Crippen LogP) is 1.70. The number of aryl methyl sites for hydroxylation is 1. The van der Waals surface area contributed by atoms with Crippen LogP contribution >= 0.6 is 0 Å². The molecule has 21 heavy (non-hydrogen) atoms. The number of benzene rings is 1. The monoisotopic (exact) mass is 304 g/mol. The van der Waals surface area contributed by atoms with Crippen molar-refractivity contribution in [2.75, 3.05) is 0 Å². The van der Waals surface area contributed by atoms with E-state index in [1.165, 1.54) is 11.7 Å². The van der Waals surface area contributed by atoms with E-state index in [0.717, 1.165) is 24.9 Å². The Bertz CT molecular complexity index is 737. The van der Waals surface area contributed by atoms with Gasteiger partial charge in [0.15, 0.2) is 0 Å². The third kappa shape index (κ3) is 3.37. The molecule has 1 unspecified atom stereocenters. The van der Waals surface area contributed by atoms with Crippen LogP contribution in [0.3, 0.4) is 0 Å². The molecule has 2 heterocycles. The van der Waals surface area contributed by atoms with E-state index in [4.69, 9.17) is 0 Å². The summed E-state index contributed by atoms with van der Waals surface area (Å²) in [6, 6.07) is 9.00. The lowest BCUT2D eigenvalue weighted by atomic mass is 10.1. The zero-order valence-corrected chi connectivity index (χ0v) is 12.2. The Kier molecular flexibility index (Phi) is 3.85. The second-order valence-corrected chi connectivity index (χ2v) is 6.51. The normalized spacial score (nSPS) is 18.8. The van der Waals surface area contributed by atoms with Gasteiger partial charge < -0.3 is 0 Å². The van der Waals surface area contributed by atoms with Crippen molar-refractivity contribution in [1.82, 2.24) is 19.5 Å². The second-order valence-electron chi connectivity index (χ2n) is 4.91. The van der Waals surface area contributed by atoms with Crippen molar-refractivity contribution in [3.63, 3.8) is 0 Å². The lowest BCUT2D eigenvalue weighted by Crippen LogP contribution is -2.32. The van der Waals surface area contributed by atoms with Gasteiger partial charge in [0.2, 0.25) is 10.0 Å². The first-order valence-corrected chi connectivity index (χ1v) is 8.32. The fraction of sp³-hybridized carbons (Fsp3) is 0.286. The van der Waals surface area contributed by atoms with Crippen LogP contribution in [-0.2, 0) is 16.6 Å². The van der Waals surface area contributed by atoms with E-state index in [1.54, 1.807) is 10.8 Å². The van der Waals surface area contributed by atoms with Gasteiger partial charge in [-0.3, -0.25) is 0 Å². The topological polar surface area (TPSA) is 76.9 Å². The molecule has 3 rings (SSSR count). The molecule has 110 valence electrons. The van der Waals surface area contributed by atoms with Gasteiger partial charge in [0.25, 0.3) is 0 Å². The minimum absolute atomic E-state index is 0.313. The van der Waals surface area contributed by atoms with Crippen molar-refractivity contribution >= 4 is 16.1 Å². The van der Waals surface area contributed by atoms with E-state index < -0.39 is 10.0 Å². The van der Waals surface area contributed by atoms with Gasteiger partial charge in [-0.15, -0.1) is 0 Å². The molecule has 0 amide bonds. The maximum atomic E-state index is 12.1. The minimum atomic E-state index is -3.51. The Labute approximate surface area is 123 Å². The summed E-state index contributed by atoms with van der Waals surface area (Å²) >= 11 is 0. The molecular weight excluding hydrogens is 288 g/mol. The fourth-order valence-electron chi connectivity index (χ4n) is 2.37. The van der Waals surface area contributed by atoms with E-state index in [2.05, 4.69) is 14.8 Å². The first-order chi connectivity index (χ1) is 10.1. The molecule has 0 saturated carbocycles. The highest BCUT2D eigenvalue weighted by atomic mass is 32.2. The number of nitrogens with one attached hydrogen (secondary N) is 1. The average molecular weight is 304 g/mol. The van der Waals surface area contributed by atoms with Gasteiger partial charge in [0, 0.05) is 12.0 Å². The smallest absolute Gasteiger partial charge is 0.234 e. The fourth-order valence-corrected chi connectivity index (χ4v) is 3.41. The Hall–Kier alpha value is -1.99. The molecule has 1 aromatic carbocycles. The zero-order valence-electron chi connectivity index (χ0n) is 11.4. The number of sulfonamides is 1. The summed E-state index contributed by atoms with van der Waals surface area (Å²) in [5.74, 6) is 0.679. The number of hydrogen-bond acceptors (Lipinski definition) is 4. The molecule has 0 bridgehead atoms. The zero-order chi connectivity index (χ0) is 14.7.